The molecule has 2 nitrogen and oxygen atoms in total. The van der Waals surface area contributed by atoms with Gasteiger partial charge in [0.2, 0.25) is 0 Å². The molecule has 2 N–H and O–H groups in total. The molecule has 1 rings (SSSR count). The zero-order valence-electron chi connectivity index (χ0n) is 9.57. The van der Waals surface area contributed by atoms with Crippen LogP contribution in [0.3, 0.4) is 0 Å². The molecule has 0 aliphatic rings. The van der Waals surface area contributed by atoms with Gasteiger partial charge in [-0.1, -0.05) is 23.7 Å². The highest BCUT2D eigenvalue weighted by molar-refractivity contribution is 6.30. The Morgan fingerprint density at radius 3 is 2.27 bits per heavy atom. The lowest BCUT2D eigenvalue weighted by atomic mass is 10.1. The third kappa shape index (κ3) is 3.20. The molecule has 0 saturated carbocycles. The first-order valence-corrected chi connectivity index (χ1v) is 5.61. The van der Waals surface area contributed by atoms with E-state index in [0.717, 1.165) is 5.02 Å². The van der Waals surface area contributed by atoms with Crippen LogP contribution in [-0.2, 0) is 0 Å². The van der Waals surface area contributed by atoms with Crippen LogP contribution in [0, 0.1) is 0 Å². The Morgan fingerprint density at radius 1 is 1.27 bits per heavy atom. The number of hydrogen-bond donors (Lipinski definition) is 1. The summed E-state index contributed by atoms with van der Waals surface area (Å²) in [6.45, 7) is 4.98. The fraction of sp³-hybridized carbons (Fsp3) is 0.500. The van der Waals surface area contributed by atoms with Crippen LogP contribution >= 0.6 is 11.6 Å². The summed E-state index contributed by atoms with van der Waals surface area (Å²) in [5.74, 6) is 0. The Kier molecular flexibility index (Phi) is 4.58. The predicted octanol–water partition coefficient (Wildman–Crippen LogP) is 2.68. The summed E-state index contributed by atoms with van der Waals surface area (Å²) in [7, 11) is 2.09. The van der Waals surface area contributed by atoms with Crippen molar-refractivity contribution in [2.24, 2.45) is 5.73 Å². The highest BCUT2D eigenvalue weighted by atomic mass is 35.5. The van der Waals surface area contributed by atoms with Gasteiger partial charge in [0.25, 0.3) is 0 Å². The molecule has 0 amide bonds. The molecule has 1 aromatic carbocycles. The van der Waals surface area contributed by atoms with Crippen LogP contribution in [0.15, 0.2) is 24.3 Å². The lowest BCUT2D eigenvalue weighted by Crippen LogP contribution is -2.37. The van der Waals surface area contributed by atoms with Gasteiger partial charge < -0.3 is 5.73 Å². The maximum atomic E-state index is 5.85. The third-order valence-corrected chi connectivity index (χ3v) is 3.25. The molecule has 0 spiro atoms. The molecule has 3 heteroatoms. The van der Waals surface area contributed by atoms with Crippen molar-refractivity contribution in [1.82, 2.24) is 4.90 Å². The number of hydrogen-bond acceptors (Lipinski definition) is 2. The van der Waals surface area contributed by atoms with Gasteiger partial charge in [-0.15, -0.1) is 0 Å². The number of likely N-dealkylation sites (N-methyl/N-ethyl adjacent to an activating group) is 1. The van der Waals surface area contributed by atoms with Crippen LogP contribution in [0.5, 0.6) is 0 Å². The molecule has 0 aromatic heterocycles. The lowest BCUT2D eigenvalue weighted by molar-refractivity contribution is 0.202. The van der Waals surface area contributed by atoms with E-state index >= 15 is 0 Å². The summed E-state index contributed by atoms with van der Waals surface area (Å²) in [6, 6.07) is 8.72. The summed E-state index contributed by atoms with van der Waals surface area (Å²) >= 11 is 5.85. The third-order valence-electron chi connectivity index (χ3n) is 3.00. The van der Waals surface area contributed by atoms with E-state index in [1.54, 1.807) is 0 Å². The number of rotatable bonds is 4. The minimum Gasteiger partial charge on any atom is -0.329 e. The van der Waals surface area contributed by atoms with E-state index in [4.69, 9.17) is 17.3 Å². The second-order valence-corrected chi connectivity index (χ2v) is 4.41. The van der Waals surface area contributed by atoms with Crippen molar-refractivity contribution in [2.75, 3.05) is 13.6 Å². The number of halogens is 1. The summed E-state index contributed by atoms with van der Waals surface area (Å²) in [5, 5.41) is 0.778. The summed E-state index contributed by atoms with van der Waals surface area (Å²) in [6.07, 6.45) is 0. The van der Waals surface area contributed by atoms with Crippen molar-refractivity contribution in [3.05, 3.63) is 34.9 Å². The fourth-order valence-corrected chi connectivity index (χ4v) is 1.65. The van der Waals surface area contributed by atoms with E-state index in [-0.39, 0.29) is 0 Å². The number of nitrogens with two attached hydrogens (primary N) is 1. The van der Waals surface area contributed by atoms with Crippen molar-refractivity contribution in [3.8, 4) is 0 Å². The minimum absolute atomic E-state index is 0.362. The molecule has 1 aromatic rings. The van der Waals surface area contributed by atoms with Crippen molar-refractivity contribution in [2.45, 2.75) is 25.9 Å². The van der Waals surface area contributed by atoms with Crippen LogP contribution in [0.4, 0.5) is 0 Å². The number of benzene rings is 1. The maximum absolute atomic E-state index is 5.85. The highest BCUT2D eigenvalue weighted by Gasteiger charge is 2.15. The topological polar surface area (TPSA) is 29.3 Å². The maximum Gasteiger partial charge on any atom is 0.0406 e. The average molecular weight is 227 g/mol. The van der Waals surface area contributed by atoms with Crippen molar-refractivity contribution >= 4 is 11.6 Å². The first kappa shape index (κ1) is 12.5. The zero-order chi connectivity index (χ0) is 11.4. The smallest absolute Gasteiger partial charge is 0.0406 e. The molecule has 2 atom stereocenters. The summed E-state index contributed by atoms with van der Waals surface area (Å²) in [5.41, 5.74) is 6.92. The van der Waals surface area contributed by atoms with E-state index < -0.39 is 0 Å². The van der Waals surface area contributed by atoms with E-state index in [2.05, 4.69) is 37.9 Å². The van der Waals surface area contributed by atoms with Crippen molar-refractivity contribution in [3.63, 3.8) is 0 Å². The van der Waals surface area contributed by atoms with E-state index in [1.807, 2.05) is 12.1 Å². The molecule has 2 unspecified atom stereocenters. The molecule has 0 fully saturated rings. The summed E-state index contributed by atoms with van der Waals surface area (Å²) in [4.78, 5) is 2.27. The van der Waals surface area contributed by atoms with Crippen LogP contribution in [0.2, 0.25) is 5.02 Å². The second kappa shape index (κ2) is 5.50. The molecule has 0 saturated heterocycles. The second-order valence-electron chi connectivity index (χ2n) is 3.98. The van der Waals surface area contributed by atoms with Gasteiger partial charge in [-0.3, -0.25) is 4.90 Å². The molecule has 84 valence electrons. The SMILES string of the molecule is CC(CN)N(C)C(C)c1ccc(Cl)cc1. The Balaban J connectivity index is 2.75. The monoisotopic (exact) mass is 226 g/mol. The van der Waals surface area contributed by atoms with Gasteiger partial charge in [-0.25, -0.2) is 0 Å². The Bertz CT molecular complexity index is 297. The zero-order valence-corrected chi connectivity index (χ0v) is 10.3. The quantitative estimate of drug-likeness (QED) is 0.856. The van der Waals surface area contributed by atoms with Gasteiger partial charge in [0.05, 0.1) is 0 Å². The van der Waals surface area contributed by atoms with Gasteiger partial charge in [-0.05, 0) is 38.6 Å². The Labute approximate surface area is 97.0 Å². The fourth-order valence-electron chi connectivity index (χ4n) is 1.52. The van der Waals surface area contributed by atoms with Gasteiger partial charge in [0.15, 0.2) is 0 Å². The predicted molar refractivity (Wildman–Crippen MR) is 66.1 cm³/mol. The average Bonchev–Trinajstić information content (AvgIpc) is 2.27. The molecule has 0 radical (unpaired) electrons. The van der Waals surface area contributed by atoms with Crippen LogP contribution in [0.1, 0.15) is 25.5 Å². The first-order chi connectivity index (χ1) is 7.06. The molecular weight excluding hydrogens is 208 g/mol. The van der Waals surface area contributed by atoms with E-state index in [1.165, 1.54) is 5.56 Å². The van der Waals surface area contributed by atoms with E-state index in [0.29, 0.717) is 18.6 Å². The summed E-state index contributed by atoms with van der Waals surface area (Å²) < 4.78 is 0. The van der Waals surface area contributed by atoms with E-state index in [9.17, 15) is 0 Å². The molecular formula is C12H19ClN2. The van der Waals surface area contributed by atoms with Gasteiger partial charge in [0, 0.05) is 23.7 Å². The van der Waals surface area contributed by atoms with Crippen LogP contribution in [0.25, 0.3) is 0 Å². The molecule has 15 heavy (non-hydrogen) atoms. The van der Waals surface area contributed by atoms with Crippen molar-refractivity contribution in [1.29, 1.82) is 0 Å². The minimum atomic E-state index is 0.362. The van der Waals surface area contributed by atoms with Gasteiger partial charge >= 0.3 is 0 Å². The standard InChI is InChI=1S/C12H19ClN2/c1-9(8-14)15(3)10(2)11-4-6-12(13)7-5-11/h4-7,9-10H,8,14H2,1-3H3. The van der Waals surface area contributed by atoms with Gasteiger partial charge in [0.1, 0.15) is 0 Å². The van der Waals surface area contributed by atoms with Crippen molar-refractivity contribution < 1.29 is 0 Å². The Morgan fingerprint density at radius 2 is 1.80 bits per heavy atom. The van der Waals surface area contributed by atoms with Gasteiger partial charge in [-0.2, -0.15) is 0 Å². The van der Waals surface area contributed by atoms with Crippen LogP contribution in [-0.4, -0.2) is 24.5 Å². The van der Waals surface area contributed by atoms with Crippen LogP contribution < -0.4 is 5.73 Å². The molecule has 0 heterocycles. The highest BCUT2D eigenvalue weighted by Crippen LogP contribution is 2.21. The number of nitrogens with zero attached hydrogens (tertiary/aromatic N) is 1. The normalized spacial score (nSPS) is 15.3. The molecule has 0 aliphatic heterocycles. The lowest BCUT2D eigenvalue weighted by Gasteiger charge is -2.30. The molecule has 0 aliphatic carbocycles. The molecule has 0 bridgehead atoms. The largest absolute Gasteiger partial charge is 0.329 e. The first-order valence-electron chi connectivity index (χ1n) is 5.23. The Hall–Kier alpha value is -0.570.